The number of carbonyl (C=O) groups excluding carboxylic acids is 1. The first-order chi connectivity index (χ1) is 14.0. The van der Waals surface area contributed by atoms with Crippen molar-refractivity contribution in [3.05, 3.63) is 65.7 Å². The number of aryl methyl sites for hydroxylation is 1. The second-order valence-electron chi connectivity index (χ2n) is 8.65. The van der Waals surface area contributed by atoms with Crippen LogP contribution < -0.4 is 9.62 Å². The zero-order valence-electron chi connectivity index (χ0n) is 18.7. The summed E-state index contributed by atoms with van der Waals surface area (Å²) in [6.45, 7) is 8.53. The van der Waals surface area contributed by atoms with Gasteiger partial charge in [0.05, 0.1) is 11.9 Å². The zero-order valence-corrected chi connectivity index (χ0v) is 19.5. The molecule has 1 atom stereocenters. The minimum absolute atomic E-state index is 0.0232. The topological polar surface area (TPSA) is 66.5 Å². The molecular weight excluding hydrogens is 396 g/mol. The summed E-state index contributed by atoms with van der Waals surface area (Å²) >= 11 is 0. The molecular formula is C24H34N2O3S. The Morgan fingerprint density at radius 1 is 1.07 bits per heavy atom. The number of benzene rings is 2. The highest BCUT2D eigenvalue weighted by Crippen LogP contribution is 2.28. The van der Waals surface area contributed by atoms with Gasteiger partial charge in [-0.1, -0.05) is 62.4 Å². The molecule has 0 aliphatic carbocycles. The lowest BCUT2D eigenvalue weighted by Crippen LogP contribution is -2.38. The summed E-state index contributed by atoms with van der Waals surface area (Å²) in [5.41, 5.74) is 2.75. The van der Waals surface area contributed by atoms with E-state index in [-0.39, 0.29) is 30.3 Å². The molecule has 0 aliphatic heterocycles. The molecule has 30 heavy (non-hydrogen) atoms. The average Bonchev–Trinajstić information content (AvgIpc) is 2.65. The number of amides is 1. The van der Waals surface area contributed by atoms with Crippen LogP contribution in [0.5, 0.6) is 0 Å². The lowest BCUT2D eigenvalue weighted by Gasteiger charge is -2.29. The number of anilines is 1. The van der Waals surface area contributed by atoms with Gasteiger partial charge in [0.2, 0.25) is 15.9 Å². The molecule has 0 spiro atoms. The third-order valence-corrected chi connectivity index (χ3v) is 6.51. The fourth-order valence-corrected chi connectivity index (χ4v) is 4.88. The highest BCUT2D eigenvalue weighted by molar-refractivity contribution is 7.92. The number of carbonyl (C=O) groups is 1. The Morgan fingerprint density at radius 2 is 1.67 bits per heavy atom. The molecule has 164 valence electrons. The van der Waals surface area contributed by atoms with Crippen LogP contribution in [0.2, 0.25) is 0 Å². The standard InChI is InChI=1S/C24H34N2O3S/c1-19-12-9-10-15-22(19)26(30(5,28)29)17-11-16-23(27)25-20(2)18-24(3,4)21-13-7-6-8-14-21/h6-10,12-15,20H,11,16-18H2,1-5H3,(H,25,27). The van der Waals surface area contributed by atoms with Crippen molar-refractivity contribution in [1.29, 1.82) is 0 Å². The van der Waals surface area contributed by atoms with E-state index in [0.29, 0.717) is 12.1 Å². The predicted molar refractivity (Wildman–Crippen MR) is 124 cm³/mol. The largest absolute Gasteiger partial charge is 0.354 e. The Balaban J connectivity index is 1.89. The quantitative estimate of drug-likeness (QED) is 0.607. The fraction of sp³-hybridized carbons (Fsp3) is 0.458. The second-order valence-corrected chi connectivity index (χ2v) is 10.6. The lowest BCUT2D eigenvalue weighted by molar-refractivity contribution is -0.121. The van der Waals surface area contributed by atoms with E-state index in [4.69, 9.17) is 0 Å². The Labute approximate surface area is 181 Å². The van der Waals surface area contributed by atoms with Crippen LogP contribution >= 0.6 is 0 Å². The smallest absolute Gasteiger partial charge is 0.232 e. The van der Waals surface area contributed by atoms with E-state index in [0.717, 1.165) is 12.0 Å². The van der Waals surface area contributed by atoms with Gasteiger partial charge < -0.3 is 5.32 Å². The van der Waals surface area contributed by atoms with Crippen LogP contribution in [0.3, 0.4) is 0 Å². The number of sulfonamides is 1. The van der Waals surface area contributed by atoms with E-state index in [1.807, 2.05) is 50.2 Å². The van der Waals surface area contributed by atoms with Crippen molar-refractivity contribution in [3.8, 4) is 0 Å². The van der Waals surface area contributed by atoms with Gasteiger partial charge in [0.15, 0.2) is 0 Å². The second kappa shape index (κ2) is 10.1. The van der Waals surface area contributed by atoms with Crippen LogP contribution in [0.4, 0.5) is 5.69 Å². The highest BCUT2D eigenvalue weighted by Gasteiger charge is 2.24. The van der Waals surface area contributed by atoms with E-state index < -0.39 is 10.0 Å². The average molecular weight is 431 g/mol. The molecule has 0 saturated carbocycles. The third-order valence-electron chi connectivity index (χ3n) is 5.33. The molecule has 0 saturated heterocycles. The van der Waals surface area contributed by atoms with E-state index in [9.17, 15) is 13.2 Å². The maximum absolute atomic E-state index is 12.4. The van der Waals surface area contributed by atoms with Gasteiger partial charge in [0.1, 0.15) is 0 Å². The van der Waals surface area contributed by atoms with Gasteiger partial charge in [0.25, 0.3) is 0 Å². The monoisotopic (exact) mass is 430 g/mol. The molecule has 5 nitrogen and oxygen atoms in total. The molecule has 6 heteroatoms. The number of rotatable bonds is 10. The van der Waals surface area contributed by atoms with E-state index in [1.165, 1.54) is 16.1 Å². The van der Waals surface area contributed by atoms with Crippen LogP contribution in [0.15, 0.2) is 54.6 Å². The number of nitrogens with zero attached hydrogens (tertiary/aromatic N) is 1. The van der Waals surface area contributed by atoms with Crippen molar-refractivity contribution in [2.45, 2.75) is 58.4 Å². The van der Waals surface area contributed by atoms with Crippen LogP contribution in [0.1, 0.15) is 51.2 Å². The summed E-state index contributed by atoms with van der Waals surface area (Å²) in [7, 11) is -3.41. The predicted octanol–water partition coefficient (Wildman–Crippen LogP) is 4.41. The number of para-hydroxylation sites is 1. The van der Waals surface area contributed by atoms with Gasteiger partial charge in [0, 0.05) is 19.0 Å². The van der Waals surface area contributed by atoms with Gasteiger partial charge in [-0.3, -0.25) is 9.10 Å². The maximum Gasteiger partial charge on any atom is 0.232 e. The van der Waals surface area contributed by atoms with Gasteiger partial charge in [-0.05, 0) is 49.3 Å². The SMILES string of the molecule is Cc1ccccc1N(CCCC(=O)NC(C)CC(C)(C)c1ccccc1)S(C)(=O)=O. The molecule has 2 aromatic rings. The van der Waals surface area contributed by atoms with Gasteiger partial charge in [-0.2, -0.15) is 0 Å². The molecule has 0 heterocycles. The first-order valence-corrected chi connectivity index (χ1v) is 12.2. The fourth-order valence-electron chi connectivity index (χ4n) is 3.86. The Bertz CT molecular complexity index is 940. The Kier molecular flexibility index (Phi) is 8.07. The molecule has 1 amide bonds. The van der Waals surface area contributed by atoms with Gasteiger partial charge in [-0.15, -0.1) is 0 Å². The van der Waals surface area contributed by atoms with Crippen molar-refractivity contribution in [1.82, 2.24) is 5.32 Å². The number of hydrogen-bond acceptors (Lipinski definition) is 3. The molecule has 0 radical (unpaired) electrons. The summed E-state index contributed by atoms with van der Waals surface area (Å²) in [6.07, 6.45) is 2.77. The van der Waals surface area contributed by atoms with Gasteiger partial charge in [-0.25, -0.2) is 8.42 Å². The lowest BCUT2D eigenvalue weighted by atomic mass is 9.79. The number of hydrogen-bond donors (Lipinski definition) is 1. The molecule has 2 aromatic carbocycles. The van der Waals surface area contributed by atoms with E-state index in [2.05, 4.69) is 31.3 Å². The Hall–Kier alpha value is -2.34. The van der Waals surface area contributed by atoms with Crippen LogP contribution in [-0.4, -0.2) is 33.2 Å². The summed E-state index contributed by atoms with van der Waals surface area (Å²) in [4.78, 5) is 12.4. The summed E-state index contributed by atoms with van der Waals surface area (Å²) in [6, 6.07) is 17.7. The molecule has 1 unspecified atom stereocenters. The third kappa shape index (κ3) is 6.87. The van der Waals surface area contributed by atoms with Crippen molar-refractivity contribution >= 4 is 21.6 Å². The maximum atomic E-state index is 12.4. The van der Waals surface area contributed by atoms with Crippen molar-refractivity contribution in [3.63, 3.8) is 0 Å². The van der Waals surface area contributed by atoms with E-state index in [1.54, 1.807) is 6.07 Å². The van der Waals surface area contributed by atoms with Crippen molar-refractivity contribution in [2.75, 3.05) is 17.1 Å². The van der Waals surface area contributed by atoms with Crippen LogP contribution in [0.25, 0.3) is 0 Å². The Morgan fingerprint density at radius 3 is 2.27 bits per heavy atom. The van der Waals surface area contributed by atoms with Gasteiger partial charge >= 0.3 is 0 Å². The molecule has 2 rings (SSSR count). The summed E-state index contributed by atoms with van der Waals surface area (Å²) < 4.78 is 25.9. The molecule has 0 bridgehead atoms. The zero-order chi connectivity index (χ0) is 22.4. The molecule has 1 N–H and O–H groups in total. The highest BCUT2D eigenvalue weighted by atomic mass is 32.2. The van der Waals surface area contributed by atoms with E-state index >= 15 is 0 Å². The van der Waals surface area contributed by atoms with Crippen LogP contribution in [-0.2, 0) is 20.2 Å². The molecule has 0 fully saturated rings. The summed E-state index contributed by atoms with van der Waals surface area (Å²) in [5, 5.41) is 3.06. The molecule has 0 aromatic heterocycles. The van der Waals surface area contributed by atoms with Crippen molar-refractivity contribution < 1.29 is 13.2 Å². The summed E-state index contributed by atoms with van der Waals surface area (Å²) in [5.74, 6) is -0.0513. The first-order valence-electron chi connectivity index (χ1n) is 10.4. The van der Waals surface area contributed by atoms with Crippen molar-refractivity contribution in [2.24, 2.45) is 0 Å². The minimum Gasteiger partial charge on any atom is -0.354 e. The van der Waals surface area contributed by atoms with Crippen LogP contribution in [0, 0.1) is 6.92 Å². The minimum atomic E-state index is -3.41. The normalized spacial score (nSPS) is 13.0. The number of nitrogens with one attached hydrogen (secondary N) is 1. The molecule has 0 aliphatic rings. The first kappa shape index (κ1) is 23.9.